The monoisotopic (exact) mass is 433 g/mol. The first-order chi connectivity index (χ1) is 15.6. The number of nitrogens with zero attached hydrogens (tertiary/aromatic N) is 5. The lowest BCUT2D eigenvalue weighted by molar-refractivity contribution is -0.384. The van der Waals surface area contributed by atoms with E-state index in [1.165, 1.54) is 23.3 Å². The van der Waals surface area contributed by atoms with E-state index in [9.17, 15) is 14.9 Å². The van der Waals surface area contributed by atoms with Gasteiger partial charge in [-0.2, -0.15) is 4.98 Å². The fourth-order valence-corrected chi connectivity index (χ4v) is 4.50. The molecule has 32 heavy (non-hydrogen) atoms. The highest BCUT2D eigenvalue weighted by Gasteiger charge is 2.35. The molecule has 2 aliphatic heterocycles. The molecule has 1 fully saturated rings. The van der Waals surface area contributed by atoms with Gasteiger partial charge in [-0.3, -0.25) is 19.8 Å². The molecule has 3 aromatic rings. The molecule has 0 saturated carbocycles. The minimum Gasteiger partial charge on any atom is -0.341 e. The lowest BCUT2D eigenvalue weighted by Crippen LogP contribution is -2.50. The molecule has 9 nitrogen and oxygen atoms in total. The summed E-state index contributed by atoms with van der Waals surface area (Å²) in [6.45, 7) is 2.57. The summed E-state index contributed by atoms with van der Waals surface area (Å²) in [5.41, 5.74) is 2.88. The van der Waals surface area contributed by atoms with Gasteiger partial charge in [0.05, 0.1) is 17.5 Å². The number of hydrogen-bond acceptors (Lipinski definition) is 7. The highest BCUT2D eigenvalue weighted by Crippen LogP contribution is 2.28. The molecule has 5 rings (SSSR count). The topological polar surface area (TPSA) is 106 Å². The molecule has 0 bridgehead atoms. The van der Waals surface area contributed by atoms with Gasteiger partial charge >= 0.3 is 0 Å². The average molecular weight is 433 g/mol. The minimum absolute atomic E-state index is 0.0299. The SMILES string of the molecule is O=C([C@@H]1Cc2ccccc2CN1Cc1nc(-c2cccc([N+](=O)[O-])c2)no1)N1CCCC1. The van der Waals surface area contributed by atoms with E-state index in [2.05, 4.69) is 27.2 Å². The third-order valence-corrected chi connectivity index (χ3v) is 6.17. The lowest BCUT2D eigenvalue weighted by Gasteiger charge is -2.37. The summed E-state index contributed by atoms with van der Waals surface area (Å²) >= 11 is 0. The number of non-ortho nitro benzene ring substituents is 1. The standard InChI is InChI=1S/C23H23N5O4/c29-23(26-10-3-4-11-26)20-13-16-6-1-2-7-18(16)14-27(20)15-21-24-22(25-32-21)17-8-5-9-19(12-17)28(30)31/h1-2,5-9,12,20H,3-4,10-11,13-15H2/t20-/m0/s1. The number of amides is 1. The maximum absolute atomic E-state index is 13.3. The molecule has 9 heteroatoms. The van der Waals surface area contributed by atoms with Gasteiger partial charge in [0, 0.05) is 37.3 Å². The Morgan fingerprint density at radius 2 is 1.91 bits per heavy atom. The number of nitro benzene ring substituents is 1. The van der Waals surface area contributed by atoms with Gasteiger partial charge in [-0.25, -0.2) is 0 Å². The van der Waals surface area contributed by atoms with Gasteiger partial charge in [0.25, 0.3) is 5.69 Å². The van der Waals surface area contributed by atoms with E-state index in [0.29, 0.717) is 36.8 Å². The normalized spacial score (nSPS) is 18.5. The smallest absolute Gasteiger partial charge is 0.270 e. The van der Waals surface area contributed by atoms with Crippen LogP contribution in [0.1, 0.15) is 29.9 Å². The van der Waals surface area contributed by atoms with E-state index < -0.39 is 4.92 Å². The summed E-state index contributed by atoms with van der Waals surface area (Å²) in [7, 11) is 0. The predicted octanol–water partition coefficient (Wildman–Crippen LogP) is 3.19. The van der Waals surface area contributed by atoms with Gasteiger partial charge in [-0.15, -0.1) is 0 Å². The van der Waals surface area contributed by atoms with Crippen LogP contribution in [0.15, 0.2) is 53.1 Å². The van der Waals surface area contributed by atoms with Crippen molar-refractivity contribution in [2.45, 2.75) is 38.4 Å². The van der Waals surface area contributed by atoms with Gasteiger partial charge in [-0.05, 0) is 30.4 Å². The summed E-state index contributed by atoms with van der Waals surface area (Å²) in [6, 6.07) is 14.0. The fourth-order valence-electron chi connectivity index (χ4n) is 4.50. The van der Waals surface area contributed by atoms with E-state index in [-0.39, 0.29) is 17.6 Å². The Morgan fingerprint density at radius 3 is 2.69 bits per heavy atom. The molecule has 1 atom stereocenters. The maximum atomic E-state index is 13.3. The Kier molecular flexibility index (Phi) is 5.40. The fraction of sp³-hybridized carbons (Fsp3) is 0.348. The second-order valence-electron chi connectivity index (χ2n) is 8.25. The van der Waals surface area contributed by atoms with E-state index >= 15 is 0 Å². The number of benzene rings is 2. The van der Waals surface area contributed by atoms with Crippen molar-refractivity contribution in [1.29, 1.82) is 0 Å². The zero-order valence-corrected chi connectivity index (χ0v) is 17.5. The second kappa shape index (κ2) is 8.51. The molecule has 2 aliphatic rings. The third kappa shape index (κ3) is 3.99. The van der Waals surface area contributed by atoms with Crippen molar-refractivity contribution < 1.29 is 14.2 Å². The van der Waals surface area contributed by atoms with Gasteiger partial charge in [0.15, 0.2) is 0 Å². The van der Waals surface area contributed by atoms with E-state index in [0.717, 1.165) is 25.9 Å². The van der Waals surface area contributed by atoms with Crippen LogP contribution < -0.4 is 0 Å². The number of likely N-dealkylation sites (tertiary alicyclic amines) is 1. The molecule has 0 N–H and O–H groups in total. The highest BCUT2D eigenvalue weighted by atomic mass is 16.6. The number of aromatic nitrogens is 2. The quantitative estimate of drug-likeness (QED) is 0.449. The number of carbonyl (C=O) groups excluding carboxylic acids is 1. The number of fused-ring (bicyclic) bond motifs is 1. The first kappa shape index (κ1) is 20.3. The Balaban J connectivity index is 1.39. The van der Waals surface area contributed by atoms with Crippen molar-refractivity contribution >= 4 is 11.6 Å². The summed E-state index contributed by atoms with van der Waals surface area (Å²) in [5, 5.41) is 15.1. The Hall–Kier alpha value is -3.59. The molecule has 164 valence electrons. The summed E-state index contributed by atoms with van der Waals surface area (Å²) in [5.74, 6) is 0.823. The van der Waals surface area contributed by atoms with E-state index in [1.54, 1.807) is 12.1 Å². The van der Waals surface area contributed by atoms with E-state index in [1.807, 2.05) is 17.0 Å². The van der Waals surface area contributed by atoms with Gasteiger partial charge in [0.1, 0.15) is 0 Å². The molecule has 2 aromatic carbocycles. The molecule has 3 heterocycles. The van der Waals surface area contributed by atoms with Crippen LogP contribution in [-0.4, -0.2) is 49.9 Å². The molecule has 0 spiro atoms. The molecule has 1 saturated heterocycles. The van der Waals surface area contributed by atoms with Crippen molar-refractivity contribution in [3.05, 3.63) is 75.7 Å². The Bertz CT molecular complexity index is 1150. The molecule has 1 amide bonds. The van der Waals surface area contributed by atoms with Crippen molar-refractivity contribution in [3.8, 4) is 11.4 Å². The summed E-state index contributed by atoms with van der Waals surface area (Å²) < 4.78 is 5.47. The first-order valence-electron chi connectivity index (χ1n) is 10.8. The van der Waals surface area contributed by atoms with Crippen LogP contribution in [0, 0.1) is 10.1 Å². The van der Waals surface area contributed by atoms with Crippen LogP contribution in [0.2, 0.25) is 0 Å². The van der Waals surface area contributed by atoms with Crippen molar-refractivity contribution in [2.75, 3.05) is 13.1 Å². The summed E-state index contributed by atoms with van der Waals surface area (Å²) in [4.78, 5) is 32.4. The molecule has 0 radical (unpaired) electrons. The number of nitro groups is 1. The largest absolute Gasteiger partial charge is 0.341 e. The minimum atomic E-state index is -0.454. The van der Waals surface area contributed by atoms with Crippen LogP contribution in [-0.2, 0) is 24.3 Å². The van der Waals surface area contributed by atoms with Crippen LogP contribution >= 0.6 is 0 Å². The predicted molar refractivity (Wildman–Crippen MR) is 115 cm³/mol. The lowest BCUT2D eigenvalue weighted by atomic mass is 9.93. The zero-order valence-electron chi connectivity index (χ0n) is 17.5. The van der Waals surface area contributed by atoms with Crippen LogP contribution in [0.3, 0.4) is 0 Å². The van der Waals surface area contributed by atoms with Gasteiger partial charge < -0.3 is 9.42 Å². The highest BCUT2D eigenvalue weighted by molar-refractivity contribution is 5.83. The van der Waals surface area contributed by atoms with Crippen molar-refractivity contribution in [1.82, 2.24) is 19.9 Å². The zero-order chi connectivity index (χ0) is 22.1. The first-order valence-corrected chi connectivity index (χ1v) is 10.8. The molecular weight excluding hydrogens is 410 g/mol. The Labute approximate surface area is 184 Å². The van der Waals surface area contributed by atoms with Crippen LogP contribution in [0.5, 0.6) is 0 Å². The summed E-state index contributed by atoms with van der Waals surface area (Å²) in [6.07, 6.45) is 2.74. The number of hydrogen-bond donors (Lipinski definition) is 0. The molecule has 0 unspecified atom stereocenters. The van der Waals surface area contributed by atoms with E-state index in [4.69, 9.17) is 4.52 Å². The second-order valence-corrected chi connectivity index (χ2v) is 8.25. The number of rotatable bonds is 5. The van der Waals surface area contributed by atoms with Crippen LogP contribution in [0.4, 0.5) is 5.69 Å². The van der Waals surface area contributed by atoms with Gasteiger partial charge in [-0.1, -0.05) is 41.6 Å². The van der Waals surface area contributed by atoms with Gasteiger partial charge in [0.2, 0.25) is 17.6 Å². The average Bonchev–Trinajstić information content (AvgIpc) is 3.51. The molecular formula is C23H23N5O4. The Morgan fingerprint density at radius 1 is 1.12 bits per heavy atom. The van der Waals surface area contributed by atoms with Crippen LogP contribution in [0.25, 0.3) is 11.4 Å². The van der Waals surface area contributed by atoms with Crippen molar-refractivity contribution in [2.24, 2.45) is 0 Å². The van der Waals surface area contributed by atoms with Crippen molar-refractivity contribution in [3.63, 3.8) is 0 Å². The third-order valence-electron chi connectivity index (χ3n) is 6.17. The molecule has 0 aliphatic carbocycles. The molecule has 1 aromatic heterocycles. The maximum Gasteiger partial charge on any atom is 0.270 e. The number of carbonyl (C=O) groups is 1.